The number of hydrazone groups is 1. The summed E-state index contributed by atoms with van der Waals surface area (Å²) in [6.07, 6.45) is 5.13. The second-order valence-corrected chi connectivity index (χ2v) is 5.15. The molecule has 0 radical (unpaired) electrons. The fourth-order valence-electron chi connectivity index (χ4n) is 1.97. The Labute approximate surface area is 135 Å². The van der Waals surface area contributed by atoms with Crippen molar-refractivity contribution < 1.29 is 13.9 Å². The number of para-hydroxylation sites is 1. The topological polar surface area (TPSA) is 63.8 Å². The lowest BCUT2D eigenvalue weighted by atomic mass is 10.1. The Morgan fingerprint density at radius 2 is 2.00 bits per heavy atom. The van der Waals surface area contributed by atoms with Gasteiger partial charge in [-0.2, -0.15) is 5.10 Å². The standard InChI is InChI=1S/C18H20N2O3/c1-13-6-4-7-14(2)18(13)23-12-17(21)20-19-15(3)9-10-16-8-5-11-22-16/h4-11H,12H2,1-3H3,(H,20,21). The van der Waals surface area contributed by atoms with Crippen molar-refractivity contribution in [1.29, 1.82) is 0 Å². The molecule has 1 amide bonds. The van der Waals surface area contributed by atoms with E-state index >= 15 is 0 Å². The molecule has 120 valence electrons. The zero-order valence-electron chi connectivity index (χ0n) is 13.5. The number of nitrogens with one attached hydrogen (secondary N) is 1. The molecule has 1 heterocycles. The molecule has 0 unspecified atom stereocenters. The maximum Gasteiger partial charge on any atom is 0.277 e. The number of hydrogen-bond acceptors (Lipinski definition) is 4. The van der Waals surface area contributed by atoms with Crippen molar-refractivity contribution in [2.24, 2.45) is 5.10 Å². The molecular weight excluding hydrogens is 292 g/mol. The van der Waals surface area contributed by atoms with Gasteiger partial charge >= 0.3 is 0 Å². The molecule has 0 aliphatic heterocycles. The first kappa shape index (κ1) is 16.5. The van der Waals surface area contributed by atoms with E-state index in [9.17, 15) is 4.79 Å². The van der Waals surface area contributed by atoms with Crippen LogP contribution in [0.5, 0.6) is 5.75 Å². The number of rotatable bonds is 6. The van der Waals surface area contributed by atoms with Crippen molar-refractivity contribution in [3.63, 3.8) is 0 Å². The van der Waals surface area contributed by atoms with Crippen LogP contribution in [-0.2, 0) is 4.79 Å². The van der Waals surface area contributed by atoms with E-state index in [2.05, 4.69) is 10.5 Å². The molecule has 0 atom stereocenters. The molecule has 1 aromatic heterocycles. The van der Waals surface area contributed by atoms with Crippen LogP contribution in [-0.4, -0.2) is 18.2 Å². The van der Waals surface area contributed by atoms with Crippen molar-refractivity contribution in [2.45, 2.75) is 20.8 Å². The number of amides is 1. The van der Waals surface area contributed by atoms with E-state index < -0.39 is 0 Å². The van der Waals surface area contributed by atoms with Crippen molar-refractivity contribution in [3.05, 3.63) is 59.6 Å². The maximum atomic E-state index is 11.8. The summed E-state index contributed by atoms with van der Waals surface area (Å²) in [5, 5.41) is 3.99. The SMILES string of the molecule is CC(C=Cc1ccco1)=NNC(=O)COc1c(C)cccc1C. The lowest BCUT2D eigenvalue weighted by Gasteiger charge is -2.10. The van der Waals surface area contributed by atoms with Crippen LogP contribution in [0.4, 0.5) is 0 Å². The summed E-state index contributed by atoms with van der Waals surface area (Å²) in [7, 11) is 0. The summed E-state index contributed by atoms with van der Waals surface area (Å²) in [5.41, 5.74) is 5.12. The van der Waals surface area contributed by atoms with E-state index in [1.807, 2.05) is 38.1 Å². The van der Waals surface area contributed by atoms with E-state index in [0.29, 0.717) is 5.71 Å². The lowest BCUT2D eigenvalue weighted by molar-refractivity contribution is -0.123. The molecule has 1 N–H and O–H groups in total. The number of aryl methyl sites for hydroxylation is 2. The quantitative estimate of drug-likeness (QED) is 0.656. The summed E-state index contributed by atoms with van der Waals surface area (Å²) in [6, 6.07) is 9.49. The maximum absolute atomic E-state index is 11.8. The van der Waals surface area contributed by atoms with Gasteiger partial charge in [-0.1, -0.05) is 18.2 Å². The van der Waals surface area contributed by atoms with Gasteiger partial charge in [-0.3, -0.25) is 4.79 Å². The van der Waals surface area contributed by atoms with Gasteiger partial charge in [0.2, 0.25) is 0 Å². The Morgan fingerprint density at radius 1 is 1.26 bits per heavy atom. The molecular formula is C18H20N2O3. The number of nitrogens with zero attached hydrogens (tertiary/aromatic N) is 1. The average Bonchev–Trinajstić information content (AvgIpc) is 3.04. The summed E-state index contributed by atoms with van der Waals surface area (Å²) in [5.74, 6) is 1.16. The van der Waals surface area contributed by atoms with Crippen molar-refractivity contribution in [3.8, 4) is 5.75 Å². The van der Waals surface area contributed by atoms with Crippen LogP contribution in [0.15, 0.2) is 52.2 Å². The Morgan fingerprint density at radius 3 is 2.65 bits per heavy atom. The smallest absolute Gasteiger partial charge is 0.277 e. The first-order valence-corrected chi connectivity index (χ1v) is 7.30. The minimum Gasteiger partial charge on any atom is -0.483 e. The van der Waals surface area contributed by atoms with Gasteiger partial charge in [-0.15, -0.1) is 0 Å². The molecule has 0 aliphatic carbocycles. The van der Waals surface area contributed by atoms with Gasteiger partial charge < -0.3 is 9.15 Å². The number of hydrogen-bond donors (Lipinski definition) is 1. The van der Waals surface area contributed by atoms with Gasteiger partial charge in [0.05, 0.1) is 12.0 Å². The van der Waals surface area contributed by atoms with Crippen molar-refractivity contribution >= 4 is 17.7 Å². The number of ether oxygens (including phenoxy) is 1. The third kappa shape index (κ3) is 5.14. The van der Waals surface area contributed by atoms with E-state index in [0.717, 1.165) is 22.6 Å². The van der Waals surface area contributed by atoms with Crippen molar-refractivity contribution in [1.82, 2.24) is 5.43 Å². The molecule has 0 saturated carbocycles. The number of allylic oxidation sites excluding steroid dienone is 1. The molecule has 0 aliphatic rings. The largest absolute Gasteiger partial charge is 0.483 e. The first-order chi connectivity index (χ1) is 11.1. The molecule has 5 nitrogen and oxygen atoms in total. The normalized spacial score (nSPS) is 11.7. The van der Waals surface area contributed by atoms with Crippen LogP contribution < -0.4 is 10.2 Å². The number of furan rings is 1. The minimum absolute atomic E-state index is 0.0790. The summed E-state index contributed by atoms with van der Waals surface area (Å²) < 4.78 is 10.7. The second-order valence-electron chi connectivity index (χ2n) is 5.15. The Balaban J connectivity index is 1.84. The van der Waals surface area contributed by atoms with Crippen LogP contribution in [0, 0.1) is 13.8 Å². The molecule has 0 fully saturated rings. The van der Waals surface area contributed by atoms with Crippen LogP contribution in [0.3, 0.4) is 0 Å². The third-order valence-electron chi connectivity index (χ3n) is 3.15. The number of carbonyl (C=O) groups excluding carboxylic acids is 1. The zero-order chi connectivity index (χ0) is 16.7. The number of benzene rings is 1. The Kier molecular flexibility index (Phi) is 5.74. The fraction of sp³-hybridized carbons (Fsp3) is 0.222. The van der Waals surface area contributed by atoms with E-state index in [-0.39, 0.29) is 12.5 Å². The molecule has 5 heteroatoms. The minimum atomic E-state index is -0.307. The van der Waals surface area contributed by atoms with E-state index in [1.165, 1.54) is 0 Å². The highest BCUT2D eigenvalue weighted by Gasteiger charge is 2.06. The van der Waals surface area contributed by atoms with Gasteiger partial charge in [0, 0.05) is 0 Å². The molecule has 2 aromatic rings. The van der Waals surface area contributed by atoms with Gasteiger partial charge in [-0.25, -0.2) is 5.43 Å². The second kappa shape index (κ2) is 7.98. The van der Waals surface area contributed by atoms with Gasteiger partial charge in [-0.05, 0) is 56.2 Å². The molecule has 1 aromatic carbocycles. The van der Waals surface area contributed by atoms with Crippen LogP contribution in [0.1, 0.15) is 23.8 Å². The molecule has 0 bridgehead atoms. The first-order valence-electron chi connectivity index (χ1n) is 7.30. The van der Waals surface area contributed by atoms with Crippen LogP contribution in [0.2, 0.25) is 0 Å². The summed E-state index contributed by atoms with van der Waals surface area (Å²) in [4.78, 5) is 11.8. The lowest BCUT2D eigenvalue weighted by Crippen LogP contribution is -2.25. The fourth-order valence-corrected chi connectivity index (χ4v) is 1.97. The summed E-state index contributed by atoms with van der Waals surface area (Å²) >= 11 is 0. The van der Waals surface area contributed by atoms with Crippen LogP contribution in [0.25, 0.3) is 6.08 Å². The van der Waals surface area contributed by atoms with Crippen LogP contribution >= 0.6 is 0 Å². The predicted molar refractivity (Wildman–Crippen MR) is 90.4 cm³/mol. The predicted octanol–water partition coefficient (Wildman–Crippen LogP) is 3.48. The molecule has 23 heavy (non-hydrogen) atoms. The highest BCUT2D eigenvalue weighted by molar-refractivity contribution is 5.96. The van der Waals surface area contributed by atoms with Gasteiger partial charge in [0.25, 0.3) is 5.91 Å². The summed E-state index contributed by atoms with van der Waals surface area (Å²) in [6.45, 7) is 5.60. The monoisotopic (exact) mass is 312 g/mol. The molecule has 2 rings (SSSR count). The Hall–Kier alpha value is -2.82. The zero-order valence-corrected chi connectivity index (χ0v) is 13.5. The highest BCUT2D eigenvalue weighted by Crippen LogP contribution is 2.21. The van der Waals surface area contributed by atoms with Gasteiger partial charge in [0.1, 0.15) is 11.5 Å². The van der Waals surface area contributed by atoms with E-state index in [1.54, 1.807) is 31.4 Å². The molecule has 0 saturated heterocycles. The van der Waals surface area contributed by atoms with E-state index in [4.69, 9.17) is 9.15 Å². The Bertz CT molecular complexity index is 696. The average molecular weight is 312 g/mol. The van der Waals surface area contributed by atoms with Gasteiger partial charge in [0.15, 0.2) is 6.61 Å². The third-order valence-corrected chi connectivity index (χ3v) is 3.15. The highest BCUT2D eigenvalue weighted by atomic mass is 16.5. The van der Waals surface area contributed by atoms with Crippen molar-refractivity contribution in [2.75, 3.05) is 6.61 Å². The number of carbonyl (C=O) groups is 1. The molecule has 0 spiro atoms.